The van der Waals surface area contributed by atoms with E-state index in [0.717, 1.165) is 15.9 Å². The first-order chi connectivity index (χ1) is 8.47. The average Bonchev–Trinajstić information content (AvgIpc) is 2.29. The van der Waals surface area contributed by atoms with E-state index in [0.29, 0.717) is 10.8 Å². The predicted octanol–water partition coefficient (Wildman–Crippen LogP) is 4.96. The van der Waals surface area contributed by atoms with Crippen LogP contribution in [-0.2, 0) is 0 Å². The van der Waals surface area contributed by atoms with Gasteiger partial charge < -0.3 is 4.74 Å². The highest BCUT2D eigenvalue weighted by Crippen LogP contribution is 2.33. The van der Waals surface area contributed by atoms with E-state index in [-0.39, 0.29) is 11.0 Å². The monoisotopic (exact) mass is 346 g/mol. The lowest BCUT2D eigenvalue weighted by molar-refractivity contribution is 0.455. The first-order valence-corrected chi connectivity index (χ1v) is 6.66. The number of aromatic nitrogens is 2. The molecule has 1 aromatic carbocycles. The minimum absolute atomic E-state index is 0.236. The maximum absolute atomic E-state index is 6.00. The van der Waals surface area contributed by atoms with Crippen molar-refractivity contribution in [2.75, 3.05) is 0 Å². The van der Waals surface area contributed by atoms with Gasteiger partial charge in [-0.25, -0.2) is 9.97 Å². The molecule has 0 N–H and O–H groups in total. The number of hydrogen-bond donors (Lipinski definition) is 0. The molecule has 0 unspecified atom stereocenters. The molecule has 18 heavy (non-hydrogen) atoms. The van der Waals surface area contributed by atoms with Crippen LogP contribution >= 0.6 is 39.1 Å². The number of halogens is 3. The van der Waals surface area contributed by atoms with Crippen LogP contribution in [0.3, 0.4) is 0 Å². The van der Waals surface area contributed by atoms with Gasteiger partial charge in [-0.3, -0.25) is 0 Å². The summed E-state index contributed by atoms with van der Waals surface area (Å²) < 4.78 is 6.35. The van der Waals surface area contributed by atoms with Crippen LogP contribution in [-0.4, -0.2) is 9.97 Å². The van der Waals surface area contributed by atoms with Crippen LogP contribution in [0.1, 0.15) is 11.4 Å². The Balaban J connectivity index is 2.37. The van der Waals surface area contributed by atoms with Gasteiger partial charge in [-0.05, 0) is 48.0 Å². The second-order valence-electron chi connectivity index (χ2n) is 3.67. The number of ether oxygens (including phenoxy) is 1. The van der Waals surface area contributed by atoms with Crippen LogP contribution in [0.15, 0.2) is 22.7 Å². The topological polar surface area (TPSA) is 35.0 Å². The Morgan fingerprint density at radius 1 is 1.11 bits per heavy atom. The SMILES string of the molecule is Cc1nc(Cl)c(Oc2ccc(Cl)cc2Br)nc1C. The summed E-state index contributed by atoms with van der Waals surface area (Å²) in [6.45, 7) is 3.69. The van der Waals surface area contributed by atoms with Crippen molar-refractivity contribution in [3.05, 3.63) is 44.2 Å². The zero-order valence-corrected chi connectivity index (χ0v) is 12.8. The summed E-state index contributed by atoms with van der Waals surface area (Å²) in [5, 5.41) is 0.853. The third-order valence-corrected chi connectivity index (χ3v) is 3.44. The van der Waals surface area contributed by atoms with Crippen molar-refractivity contribution in [2.45, 2.75) is 13.8 Å². The van der Waals surface area contributed by atoms with Crippen molar-refractivity contribution in [3.63, 3.8) is 0 Å². The van der Waals surface area contributed by atoms with E-state index >= 15 is 0 Å². The smallest absolute Gasteiger partial charge is 0.257 e. The van der Waals surface area contributed by atoms with Gasteiger partial charge in [-0.15, -0.1) is 0 Å². The van der Waals surface area contributed by atoms with Gasteiger partial charge in [-0.2, -0.15) is 0 Å². The molecule has 1 heterocycles. The highest BCUT2D eigenvalue weighted by Gasteiger charge is 2.11. The Morgan fingerprint density at radius 3 is 2.44 bits per heavy atom. The van der Waals surface area contributed by atoms with Gasteiger partial charge in [0.1, 0.15) is 5.75 Å². The van der Waals surface area contributed by atoms with Crippen molar-refractivity contribution in [1.29, 1.82) is 0 Å². The van der Waals surface area contributed by atoms with Crippen LogP contribution in [0.25, 0.3) is 0 Å². The van der Waals surface area contributed by atoms with Crippen molar-refractivity contribution in [2.24, 2.45) is 0 Å². The molecule has 0 saturated carbocycles. The molecule has 0 spiro atoms. The summed E-state index contributed by atoms with van der Waals surface area (Å²) in [4.78, 5) is 8.41. The molecule has 0 atom stereocenters. The molecule has 6 heteroatoms. The lowest BCUT2D eigenvalue weighted by Gasteiger charge is -2.09. The van der Waals surface area contributed by atoms with Gasteiger partial charge in [0.25, 0.3) is 5.88 Å². The molecule has 3 nitrogen and oxygen atoms in total. The second-order valence-corrected chi connectivity index (χ2v) is 5.32. The lowest BCUT2D eigenvalue weighted by Crippen LogP contribution is -1.97. The van der Waals surface area contributed by atoms with Crippen LogP contribution < -0.4 is 4.74 Å². The predicted molar refractivity (Wildman–Crippen MR) is 75.7 cm³/mol. The zero-order chi connectivity index (χ0) is 13.3. The van der Waals surface area contributed by atoms with E-state index in [9.17, 15) is 0 Å². The Bertz CT molecular complexity index is 605. The molecule has 0 aliphatic rings. The van der Waals surface area contributed by atoms with Crippen molar-refractivity contribution < 1.29 is 4.74 Å². The molecule has 0 radical (unpaired) electrons. The molecular weight excluding hydrogens is 339 g/mol. The summed E-state index contributed by atoms with van der Waals surface area (Å²) >= 11 is 15.2. The summed E-state index contributed by atoms with van der Waals surface area (Å²) in [6.07, 6.45) is 0. The highest BCUT2D eigenvalue weighted by molar-refractivity contribution is 9.10. The molecule has 0 amide bonds. The van der Waals surface area contributed by atoms with Gasteiger partial charge >= 0.3 is 0 Å². The normalized spacial score (nSPS) is 10.5. The van der Waals surface area contributed by atoms with E-state index in [1.807, 2.05) is 13.8 Å². The van der Waals surface area contributed by atoms with Crippen LogP contribution in [0, 0.1) is 13.8 Å². The third-order valence-electron chi connectivity index (χ3n) is 2.34. The Morgan fingerprint density at radius 2 is 1.78 bits per heavy atom. The molecule has 0 saturated heterocycles. The van der Waals surface area contributed by atoms with E-state index in [2.05, 4.69) is 25.9 Å². The van der Waals surface area contributed by atoms with Crippen molar-refractivity contribution >= 4 is 39.1 Å². The standard InChI is InChI=1S/C12H9BrCl2N2O/c1-6-7(2)17-12(11(15)16-6)18-10-4-3-8(14)5-9(10)13/h3-5H,1-2H3. The molecule has 0 aliphatic carbocycles. The van der Waals surface area contributed by atoms with Crippen LogP contribution in [0.5, 0.6) is 11.6 Å². The van der Waals surface area contributed by atoms with E-state index in [4.69, 9.17) is 27.9 Å². The molecule has 2 rings (SSSR count). The number of nitrogens with zero attached hydrogens (tertiary/aromatic N) is 2. The van der Waals surface area contributed by atoms with Crippen LogP contribution in [0.2, 0.25) is 10.2 Å². The van der Waals surface area contributed by atoms with Gasteiger partial charge in [0.2, 0.25) is 0 Å². The third kappa shape index (κ3) is 2.94. The average molecular weight is 348 g/mol. The minimum Gasteiger partial charge on any atom is -0.435 e. The summed E-state index contributed by atoms with van der Waals surface area (Å²) in [5.74, 6) is 0.863. The molecule has 2 aromatic rings. The fourth-order valence-electron chi connectivity index (χ4n) is 1.28. The highest BCUT2D eigenvalue weighted by atomic mass is 79.9. The van der Waals surface area contributed by atoms with Gasteiger partial charge in [0.15, 0.2) is 5.15 Å². The fraction of sp³-hybridized carbons (Fsp3) is 0.167. The summed E-state index contributed by atoms with van der Waals surface area (Å²) in [7, 11) is 0. The number of rotatable bonds is 2. The van der Waals surface area contributed by atoms with Crippen molar-refractivity contribution in [3.8, 4) is 11.6 Å². The molecule has 0 aliphatic heterocycles. The number of benzene rings is 1. The Kier molecular flexibility index (Phi) is 4.10. The quantitative estimate of drug-likeness (QED) is 0.770. The number of aryl methyl sites for hydroxylation is 2. The van der Waals surface area contributed by atoms with E-state index in [1.165, 1.54) is 0 Å². The zero-order valence-electron chi connectivity index (χ0n) is 9.67. The number of hydrogen-bond acceptors (Lipinski definition) is 3. The molecule has 0 fully saturated rings. The largest absolute Gasteiger partial charge is 0.435 e. The molecular formula is C12H9BrCl2N2O. The van der Waals surface area contributed by atoms with Gasteiger partial charge in [0, 0.05) is 5.02 Å². The summed E-state index contributed by atoms with van der Waals surface area (Å²) in [6, 6.07) is 5.20. The van der Waals surface area contributed by atoms with Crippen molar-refractivity contribution in [1.82, 2.24) is 9.97 Å². The first-order valence-electron chi connectivity index (χ1n) is 5.11. The second kappa shape index (κ2) is 5.43. The maximum atomic E-state index is 6.00. The van der Waals surface area contributed by atoms with Gasteiger partial charge in [-0.1, -0.05) is 23.2 Å². The molecule has 94 valence electrons. The van der Waals surface area contributed by atoms with E-state index < -0.39 is 0 Å². The van der Waals surface area contributed by atoms with Crippen LogP contribution in [0.4, 0.5) is 0 Å². The summed E-state index contributed by atoms with van der Waals surface area (Å²) in [5.41, 5.74) is 1.56. The Hall–Kier alpha value is -0.840. The lowest BCUT2D eigenvalue weighted by atomic mass is 10.3. The van der Waals surface area contributed by atoms with E-state index in [1.54, 1.807) is 18.2 Å². The first kappa shape index (κ1) is 13.6. The maximum Gasteiger partial charge on any atom is 0.257 e. The molecule has 0 bridgehead atoms. The molecule has 1 aromatic heterocycles. The Labute approximate surface area is 123 Å². The van der Waals surface area contributed by atoms with Gasteiger partial charge in [0.05, 0.1) is 15.9 Å². The fourth-order valence-corrected chi connectivity index (χ4v) is 2.25. The minimum atomic E-state index is 0.236.